The molecule has 122 valence electrons. The van der Waals surface area contributed by atoms with E-state index in [-0.39, 0.29) is 18.9 Å². The van der Waals surface area contributed by atoms with Crippen molar-refractivity contribution < 1.29 is 22.8 Å². The minimum atomic E-state index is -4.48. The van der Waals surface area contributed by atoms with E-state index in [1.807, 2.05) is 0 Å². The number of rotatable bonds is 3. The summed E-state index contributed by atoms with van der Waals surface area (Å²) in [7, 11) is 0. The van der Waals surface area contributed by atoms with Crippen LogP contribution in [-0.4, -0.2) is 50.6 Å². The van der Waals surface area contributed by atoms with Crippen LogP contribution in [-0.2, 0) is 9.59 Å². The third-order valence-electron chi connectivity index (χ3n) is 3.50. The van der Waals surface area contributed by atoms with Crippen molar-refractivity contribution in [1.29, 1.82) is 0 Å². The molecule has 3 heterocycles. The number of amides is 2. The van der Waals surface area contributed by atoms with Gasteiger partial charge in [-0.25, -0.2) is 0 Å². The number of fused-ring (bicyclic) bond motifs is 1. The SMILES string of the molecule is O=C(Nc1nnc2ccccn12)[C@H]1CC(=O)N(CC(F)(F)F)C1. The van der Waals surface area contributed by atoms with Crippen LogP contribution in [0.1, 0.15) is 6.42 Å². The molecular formula is C13H12F3N5O2. The van der Waals surface area contributed by atoms with E-state index in [2.05, 4.69) is 15.5 Å². The van der Waals surface area contributed by atoms with Crippen molar-refractivity contribution in [1.82, 2.24) is 19.5 Å². The van der Waals surface area contributed by atoms with Crippen LogP contribution in [0, 0.1) is 5.92 Å². The standard InChI is InChI=1S/C13H12F3N5O2/c14-13(15,16)7-20-6-8(5-10(20)22)11(23)17-12-19-18-9-3-1-2-4-21(9)12/h1-4,8H,5-7H2,(H,17,19,23)/t8-/m0/s1. The highest BCUT2D eigenvalue weighted by Gasteiger charge is 2.40. The van der Waals surface area contributed by atoms with Gasteiger partial charge in [0.1, 0.15) is 6.54 Å². The number of hydrogen-bond acceptors (Lipinski definition) is 4. The molecule has 0 unspecified atom stereocenters. The molecule has 1 atom stereocenters. The van der Waals surface area contributed by atoms with Gasteiger partial charge in [-0.05, 0) is 12.1 Å². The molecule has 10 heteroatoms. The molecule has 0 bridgehead atoms. The maximum absolute atomic E-state index is 12.4. The second-order valence-electron chi connectivity index (χ2n) is 5.23. The van der Waals surface area contributed by atoms with Crippen LogP contribution >= 0.6 is 0 Å². The maximum atomic E-state index is 12.4. The summed E-state index contributed by atoms with van der Waals surface area (Å²) in [5, 5.41) is 10.2. The van der Waals surface area contributed by atoms with Crippen LogP contribution in [0.5, 0.6) is 0 Å². The molecule has 0 spiro atoms. The number of halogens is 3. The van der Waals surface area contributed by atoms with Crippen LogP contribution in [0.25, 0.3) is 5.65 Å². The highest BCUT2D eigenvalue weighted by atomic mass is 19.4. The zero-order valence-corrected chi connectivity index (χ0v) is 11.7. The summed E-state index contributed by atoms with van der Waals surface area (Å²) in [6.45, 7) is -1.61. The zero-order chi connectivity index (χ0) is 16.6. The molecular weight excluding hydrogens is 315 g/mol. The first-order valence-corrected chi connectivity index (χ1v) is 6.78. The Kier molecular flexibility index (Phi) is 3.66. The summed E-state index contributed by atoms with van der Waals surface area (Å²) in [5.41, 5.74) is 0.518. The van der Waals surface area contributed by atoms with Crippen molar-refractivity contribution >= 4 is 23.4 Å². The molecule has 1 N–H and O–H groups in total. The first-order valence-electron chi connectivity index (χ1n) is 6.78. The highest BCUT2D eigenvalue weighted by molar-refractivity contribution is 5.96. The number of pyridine rings is 1. The van der Waals surface area contributed by atoms with Crippen LogP contribution in [0.4, 0.5) is 19.1 Å². The molecule has 1 saturated heterocycles. The number of anilines is 1. The molecule has 1 aliphatic rings. The fourth-order valence-electron chi connectivity index (χ4n) is 2.46. The van der Waals surface area contributed by atoms with Gasteiger partial charge in [-0.3, -0.25) is 19.3 Å². The lowest BCUT2D eigenvalue weighted by Crippen LogP contribution is -2.36. The number of nitrogens with one attached hydrogen (secondary N) is 1. The van der Waals surface area contributed by atoms with Gasteiger partial charge < -0.3 is 4.90 Å². The molecule has 3 rings (SSSR count). The van der Waals surface area contributed by atoms with Gasteiger partial charge in [0.15, 0.2) is 5.65 Å². The normalized spacial score (nSPS) is 18.7. The summed E-state index contributed by atoms with van der Waals surface area (Å²) < 4.78 is 38.6. The predicted molar refractivity (Wildman–Crippen MR) is 72.4 cm³/mol. The smallest absolute Gasteiger partial charge is 0.333 e. The fourth-order valence-corrected chi connectivity index (χ4v) is 2.46. The number of carbonyl (C=O) groups is 2. The summed E-state index contributed by atoms with van der Waals surface area (Å²) in [6, 6.07) is 5.16. The van der Waals surface area contributed by atoms with Crippen LogP contribution in [0.3, 0.4) is 0 Å². The Bertz CT molecular complexity index is 757. The molecule has 7 nitrogen and oxygen atoms in total. The van der Waals surface area contributed by atoms with E-state index in [4.69, 9.17) is 0 Å². The molecule has 0 radical (unpaired) electrons. The minimum absolute atomic E-state index is 0.160. The van der Waals surface area contributed by atoms with E-state index in [0.717, 1.165) is 0 Å². The van der Waals surface area contributed by atoms with Crippen molar-refractivity contribution in [3.63, 3.8) is 0 Å². The Balaban J connectivity index is 1.68. The Morgan fingerprint density at radius 2 is 2.13 bits per heavy atom. The van der Waals surface area contributed by atoms with Crippen LogP contribution in [0.15, 0.2) is 24.4 Å². The number of alkyl halides is 3. The highest BCUT2D eigenvalue weighted by Crippen LogP contribution is 2.24. The summed E-state index contributed by atoms with van der Waals surface area (Å²) in [6.07, 6.45) is -3.09. The van der Waals surface area contributed by atoms with E-state index in [1.165, 1.54) is 4.40 Å². The molecule has 23 heavy (non-hydrogen) atoms. The lowest BCUT2D eigenvalue weighted by Gasteiger charge is -2.18. The van der Waals surface area contributed by atoms with Gasteiger partial charge in [0.05, 0.1) is 5.92 Å². The van der Waals surface area contributed by atoms with Crippen LogP contribution < -0.4 is 5.32 Å². The first-order chi connectivity index (χ1) is 10.8. The molecule has 0 aromatic carbocycles. The number of hydrogen-bond donors (Lipinski definition) is 1. The average molecular weight is 327 g/mol. The van der Waals surface area contributed by atoms with Gasteiger partial charge in [-0.15, -0.1) is 10.2 Å². The first kappa shape index (κ1) is 15.3. The third kappa shape index (κ3) is 3.25. The van der Waals surface area contributed by atoms with Crippen LogP contribution in [0.2, 0.25) is 0 Å². The van der Waals surface area contributed by atoms with E-state index < -0.39 is 30.5 Å². The molecule has 2 amide bonds. The van der Waals surface area contributed by atoms with Gasteiger partial charge in [-0.2, -0.15) is 13.2 Å². The number of likely N-dealkylation sites (tertiary alicyclic amines) is 1. The summed E-state index contributed by atoms with van der Waals surface area (Å²) in [5.74, 6) is -1.93. The van der Waals surface area contributed by atoms with Gasteiger partial charge in [0.2, 0.25) is 17.8 Å². The Labute approximate surface area is 128 Å². The summed E-state index contributed by atoms with van der Waals surface area (Å²) in [4.78, 5) is 24.4. The molecule has 2 aromatic heterocycles. The lowest BCUT2D eigenvalue weighted by atomic mass is 10.1. The van der Waals surface area contributed by atoms with E-state index in [9.17, 15) is 22.8 Å². The van der Waals surface area contributed by atoms with Crippen molar-refractivity contribution in [2.45, 2.75) is 12.6 Å². The molecule has 0 aliphatic carbocycles. The van der Waals surface area contributed by atoms with Crippen molar-refractivity contribution in [3.8, 4) is 0 Å². The monoisotopic (exact) mass is 327 g/mol. The van der Waals surface area contributed by atoms with Gasteiger partial charge in [-0.1, -0.05) is 6.07 Å². The van der Waals surface area contributed by atoms with Crippen molar-refractivity contribution in [3.05, 3.63) is 24.4 Å². The zero-order valence-electron chi connectivity index (χ0n) is 11.7. The van der Waals surface area contributed by atoms with Gasteiger partial charge in [0, 0.05) is 19.2 Å². The van der Waals surface area contributed by atoms with E-state index in [0.29, 0.717) is 10.5 Å². The predicted octanol–water partition coefficient (Wildman–Crippen LogP) is 1.08. The third-order valence-corrected chi connectivity index (χ3v) is 3.50. The molecule has 2 aromatic rings. The van der Waals surface area contributed by atoms with Gasteiger partial charge >= 0.3 is 6.18 Å². The van der Waals surface area contributed by atoms with E-state index in [1.54, 1.807) is 24.4 Å². The Morgan fingerprint density at radius 1 is 1.35 bits per heavy atom. The quantitative estimate of drug-likeness (QED) is 0.915. The Hall–Kier alpha value is -2.65. The fraction of sp³-hybridized carbons (Fsp3) is 0.385. The second kappa shape index (κ2) is 5.52. The maximum Gasteiger partial charge on any atom is 0.406 e. The minimum Gasteiger partial charge on any atom is -0.333 e. The number of aromatic nitrogens is 3. The van der Waals surface area contributed by atoms with Crippen molar-refractivity contribution in [2.75, 3.05) is 18.4 Å². The average Bonchev–Trinajstić information content (AvgIpc) is 3.03. The number of nitrogens with zero attached hydrogens (tertiary/aromatic N) is 4. The van der Waals surface area contributed by atoms with Crippen molar-refractivity contribution in [2.24, 2.45) is 5.92 Å². The molecule has 1 fully saturated rings. The van der Waals surface area contributed by atoms with Gasteiger partial charge in [0.25, 0.3) is 0 Å². The second-order valence-corrected chi connectivity index (χ2v) is 5.23. The largest absolute Gasteiger partial charge is 0.406 e. The van der Waals surface area contributed by atoms with E-state index >= 15 is 0 Å². The molecule has 0 saturated carbocycles. The summed E-state index contributed by atoms with van der Waals surface area (Å²) >= 11 is 0. The molecule has 1 aliphatic heterocycles. The topological polar surface area (TPSA) is 79.6 Å². The number of carbonyl (C=O) groups excluding carboxylic acids is 2. The Morgan fingerprint density at radius 3 is 2.87 bits per heavy atom. The lowest BCUT2D eigenvalue weighted by molar-refractivity contribution is -0.157.